The first-order valence-corrected chi connectivity index (χ1v) is 8.77. The van der Waals surface area contributed by atoms with Crippen LogP contribution in [0.5, 0.6) is 0 Å². The predicted molar refractivity (Wildman–Crippen MR) is 105 cm³/mol. The minimum Gasteiger partial charge on any atom is -0.267 e. The van der Waals surface area contributed by atoms with Gasteiger partial charge in [-0.1, -0.05) is 78.9 Å². The van der Waals surface area contributed by atoms with Gasteiger partial charge in [-0.15, -0.1) is 0 Å². The maximum atomic E-state index is 13.1. The van der Waals surface area contributed by atoms with E-state index in [9.17, 15) is 14.4 Å². The molecule has 5 heteroatoms. The highest BCUT2D eigenvalue weighted by Gasteiger charge is 2.40. The zero-order valence-electron chi connectivity index (χ0n) is 14.8. The predicted octanol–water partition coefficient (Wildman–Crippen LogP) is 3.31. The fourth-order valence-electron chi connectivity index (χ4n) is 3.13. The van der Waals surface area contributed by atoms with E-state index in [-0.39, 0.29) is 11.1 Å². The molecule has 0 atom stereocenters. The van der Waals surface area contributed by atoms with Crippen molar-refractivity contribution in [3.63, 3.8) is 0 Å². The minimum absolute atomic E-state index is 0.269. The second-order valence-corrected chi connectivity index (χ2v) is 6.23. The molecule has 5 nitrogen and oxygen atoms in total. The van der Waals surface area contributed by atoms with Crippen molar-refractivity contribution in [3.8, 4) is 0 Å². The third-order valence-corrected chi connectivity index (χ3v) is 4.46. The highest BCUT2D eigenvalue weighted by molar-refractivity contribution is 6.49. The fourth-order valence-corrected chi connectivity index (χ4v) is 3.13. The van der Waals surface area contributed by atoms with Crippen LogP contribution < -0.4 is 5.43 Å². The molecule has 1 aliphatic heterocycles. The van der Waals surface area contributed by atoms with Gasteiger partial charge in [0.1, 0.15) is 0 Å². The first kappa shape index (κ1) is 17.4. The Morgan fingerprint density at radius 2 is 1.00 bits per heavy atom. The number of nitrogens with zero attached hydrogens (tertiary/aromatic N) is 1. The molecule has 3 amide bonds. The molecular weight excluding hydrogens is 352 g/mol. The number of hydrogen-bond donors (Lipinski definition) is 1. The lowest BCUT2D eigenvalue weighted by Crippen LogP contribution is -2.46. The number of carbonyl (C=O) groups excluding carboxylic acids is 3. The van der Waals surface area contributed by atoms with E-state index in [1.54, 1.807) is 78.9 Å². The largest absolute Gasteiger partial charge is 0.281 e. The lowest BCUT2D eigenvalue weighted by Gasteiger charge is -2.16. The lowest BCUT2D eigenvalue weighted by molar-refractivity contribution is -0.138. The van der Waals surface area contributed by atoms with Crippen molar-refractivity contribution in [1.82, 2.24) is 10.4 Å². The highest BCUT2D eigenvalue weighted by Crippen LogP contribution is 2.34. The molecule has 3 aromatic carbocycles. The quantitative estimate of drug-likeness (QED) is 0.719. The maximum absolute atomic E-state index is 13.1. The van der Waals surface area contributed by atoms with Crippen molar-refractivity contribution < 1.29 is 14.4 Å². The first-order valence-electron chi connectivity index (χ1n) is 8.77. The molecule has 1 heterocycles. The monoisotopic (exact) mass is 368 g/mol. The summed E-state index contributed by atoms with van der Waals surface area (Å²) in [5, 5.41) is 0.792. The van der Waals surface area contributed by atoms with E-state index >= 15 is 0 Å². The van der Waals surface area contributed by atoms with E-state index in [2.05, 4.69) is 5.43 Å². The Morgan fingerprint density at radius 1 is 0.607 bits per heavy atom. The van der Waals surface area contributed by atoms with Gasteiger partial charge in [-0.3, -0.25) is 19.8 Å². The van der Waals surface area contributed by atoms with Gasteiger partial charge >= 0.3 is 0 Å². The van der Waals surface area contributed by atoms with Gasteiger partial charge in [-0.05, 0) is 23.3 Å². The molecule has 0 aromatic heterocycles. The number of imide groups is 1. The van der Waals surface area contributed by atoms with Crippen molar-refractivity contribution in [2.75, 3.05) is 0 Å². The number of carbonyl (C=O) groups is 3. The van der Waals surface area contributed by atoms with Crippen LogP contribution in [0.25, 0.3) is 11.1 Å². The van der Waals surface area contributed by atoms with Crippen LogP contribution in [0.15, 0.2) is 91.0 Å². The van der Waals surface area contributed by atoms with Gasteiger partial charge in [0.15, 0.2) is 0 Å². The first-order chi connectivity index (χ1) is 13.7. The number of rotatable bonds is 4. The second-order valence-electron chi connectivity index (χ2n) is 6.23. The molecule has 1 aliphatic rings. The van der Waals surface area contributed by atoms with Gasteiger partial charge in [0.2, 0.25) is 0 Å². The van der Waals surface area contributed by atoms with Gasteiger partial charge in [0.25, 0.3) is 17.7 Å². The van der Waals surface area contributed by atoms with Crippen molar-refractivity contribution in [2.45, 2.75) is 0 Å². The lowest BCUT2D eigenvalue weighted by atomic mass is 9.96. The van der Waals surface area contributed by atoms with Crippen molar-refractivity contribution in [3.05, 3.63) is 108 Å². The van der Waals surface area contributed by atoms with Crippen molar-refractivity contribution in [1.29, 1.82) is 0 Å². The molecule has 1 N–H and O–H groups in total. The van der Waals surface area contributed by atoms with Crippen LogP contribution in [0.4, 0.5) is 0 Å². The Hall–Kier alpha value is -3.99. The van der Waals surface area contributed by atoms with E-state index in [1.165, 1.54) is 0 Å². The summed E-state index contributed by atoms with van der Waals surface area (Å²) in [5.74, 6) is -1.64. The molecule has 0 aliphatic carbocycles. The van der Waals surface area contributed by atoms with Crippen LogP contribution in [-0.2, 0) is 9.59 Å². The molecule has 0 saturated carbocycles. The van der Waals surface area contributed by atoms with E-state index in [0.29, 0.717) is 16.7 Å². The summed E-state index contributed by atoms with van der Waals surface area (Å²) < 4.78 is 0. The van der Waals surface area contributed by atoms with E-state index < -0.39 is 17.7 Å². The SMILES string of the molecule is O=C(NN1C(=O)C(c2ccccc2)=C(c2ccccc2)C1=O)c1ccccc1. The Bertz CT molecular complexity index is 1010. The topological polar surface area (TPSA) is 66.5 Å². The van der Waals surface area contributed by atoms with Gasteiger partial charge in [-0.25, -0.2) is 0 Å². The summed E-state index contributed by atoms with van der Waals surface area (Å²) in [6.07, 6.45) is 0. The normalized spacial score (nSPS) is 13.8. The van der Waals surface area contributed by atoms with Crippen LogP contribution >= 0.6 is 0 Å². The maximum Gasteiger partial charge on any atom is 0.281 e. The molecule has 0 unspecified atom stereocenters. The van der Waals surface area contributed by atoms with Crippen LogP contribution in [0, 0.1) is 0 Å². The van der Waals surface area contributed by atoms with Gasteiger partial charge in [0.05, 0.1) is 11.1 Å². The molecule has 4 rings (SSSR count). The van der Waals surface area contributed by atoms with Crippen molar-refractivity contribution >= 4 is 28.9 Å². The summed E-state index contributed by atoms with van der Waals surface area (Å²) in [4.78, 5) is 38.7. The van der Waals surface area contributed by atoms with E-state index in [1.807, 2.05) is 12.1 Å². The van der Waals surface area contributed by atoms with Crippen LogP contribution in [0.1, 0.15) is 21.5 Å². The smallest absolute Gasteiger partial charge is 0.267 e. The van der Waals surface area contributed by atoms with E-state index in [0.717, 1.165) is 5.01 Å². The molecule has 0 bridgehead atoms. The summed E-state index contributed by atoms with van der Waals surface area (Å²) in [7, 11) is 0. The Morgan fingerprint density at radius 3 is 1.43 bits per heavy atom. The number of benzene rings is 3. The molecule has 28 heavy (non-hydrogen) atoms. The van der Waals surface area contributed by atoms with Gasteiger partial charge < -0.3 is 0 Å². The molecule has 3 aromatic rings. The third kappa shape index (κ3) is 3.10. The third-order valence-electron chi connectivity index (χ3n) is 4.46. The molecule has 0 fully saturated rings. The zero-order chi connectivity index (χ0) is 19.5. The van der Waals surface area contributed by atoms with Crippen LogP contribution in [0.3, 0.4) is 0 Å². The number of hydrazine groups is 1. The van der Waals surface area contributed by atoms with Gasteiger partial charge in [-0.2, -0.15) is 5.01 Å². The Balaban J connectivity index is 1.75. The average Bonchev–Trinajstić information content (AvgIpc) is 3.00. The molecule has 0 spiro atoms. The van der Waals surface area contributed by atoms with Gasteiger partial charge in [0, 0.05) is 5.56 Å². The molecular formula is C23H16N2O3. The molecule has 0 saturated heterocycles. The zero-order valence-corrected chi connectivity index (χ0v) is 14.8. The Labute approximate surface area is 161 Å². The second kappa shape index (κ2) is 7.32. The standard InChI is InChI=1S/C23H16N2O3/c26-21(18-14-8-3-9-15-18)24-25-22(27)19(16-10-4-1-5-11-16)20(23(25)28)17-12-6-2-7-13-17/h1-15H,(H,24,26). The van der Waals surface area contributed by atoms with Crippen LogP contribution in [0.2, 0.25) is 0 Å². The number of amides is 3. The number of nitrogens with one attached hydrogen (secondary N) is 1. The minimum atomic E-state index is -0.556. The highest BCUT2D eigenvalue weighted by atomic mass is 16.2. The molecule has 136 valence electrons. The van der Waals surface area contributed by atoms with Crippen molar-refractivity contribution in [2.24, 2.45) is 0 Å². The summed E-state index contributed by atoms with van der Waals surface area (Å²) in [6.45, 7) is 0. The summed E-state index contributed by atoms with van der Waals surface area (Å²) in [6, 6.07) is 26.4. The number of hydrogen-bond acceptors (Lipinski definition) is 3. The van der Waals surface area contributed by atoms with E-state index in [4.69, 9.17) is 0 Å². The Kier molecular flexibility index (Phi) is 4.56. The fraction of sp³-hybridized carbons (Fsp3) is 0. The average molecular weight is 368 g/mol. The summed E-state index contributed by atoms with van der Waals surface area (Å²) in [5.41, 5.74) is 4.59. The van der Waals surface area contributed by atoms with Crippen LogP contribution in [-0.4, -0.2) is 22.7 Å². The summed E-state index contributed by atoms with van der Waals surface area (Å²) >= 11 is 0. The molecule has 0 radical (unpaired) electrons.